The second-order valence-electron chi connectivity index (χ2n) is 16.2. The second kappa shape index (κ2) is 14.1. The van der Waals surface area contributed by atoms with Crippen LogP contribution in [-0.2, 0) is 0 Å². The number of benzene rings is 5. The van der Waals surface area contributed by atoms with Gasteiger partial charge in [-0.1, -0.05) is 133 Å². The van der Waals surface area contributed by atoms with Crippen molar-refractivity contribution in [1.29, 1.82) is 0 Å². The number of allylic oxidation sites excluding steroid dienone is 2. The summed E-state index contributed by atoms with van der Waals surface area (Å²) in [7, 11) is 0. The Morgan fingerprint density at radius 3 is 1.38 bits per heavy atom. The third kappa shape index (κ3) is 5.53. The summed E-state index contributed by atoms with van der Waals surface area (Å²) in [6, 6.07) is 65.8. The van der Waals surface area contributed by atoms with Crippen LogP contribution >= 0.6 is 0 Å². The maximum Gasteiger partial charge on any atom is 0.162 e. The van der Waals surface area contributed by atoms with Crippen LogP contribution in [0.2, 0.25) is 0 Å². The van der Waals surface area contributed by atoms with E-state index in [-0.39, 0.29) is 12.0 Å². The van der Waals surface area contributed by atoms with Crippen molar-refractivity contribution < 1.29 is 0 Å². The molecule has 7 heterocycles. The maximum atomic E-state index is 5.60. The molecule has 0 spiro atoms. The molecular formula is C56H37N7. The Labute approximate surface area is 363 Å². The van der Waals surface area contributed by atoms with E-state index < -0.39 is 0 Å². The van der Waals surface area contributed by atoms with Crippen molar-refractivity contribution in [2.24, 2.45) is 0 Å². The number of fused-ring (bicyclic) bond motifs is 9. The minimum absolute atomic E-state index is 0.115. The van der Waals surface area contributed by atoms with Crippen molar-refractivity contribution in [3.8, 4) is 45.8 Å². The van der Waals surface area contributed by atoms with Gasteiger partial charge in [-0.2, -0.15) is 0 Å². The molecule has 2 unspecified atom stereocenters. The van der Waals surface area contributed by atoms with Gasteiger partial charge in [-0.15, -0.1) is 0 Å². The zero-order valence-electron chi connectivity index (χ0n) is 34.0. The normalized spacial score (nSPS) is 15.5. The van der Waals surface area contributed by atoms with Crippen molar-refractivity contribution in [2.75, 3.05) is 4.90 Å². The van der Waals surface area contributed by atoms with Crippen LogP contribution in [0, 0.1) is 0 Å². The average Bonchev–Trinajstić information content (AvgIpc) is 4.00. The summed E-state index contributed by atoms with van der Waals surface area (Å²) >= 11 is 0. The summed E-state index contributed by atoms with van der Waals surface area (Å²) in [6.45, 7) is 0. The molecule has 0 amide bonds. The van der Waals surface area contributed by atoms with Gasteiger partial charge in [0, 0.05) is 33.2 Å². The first kappa shape index (κ1) is 35.3. The van der Waals surface area contributed by atoms with Crippen LogP contribution in [0.25, 0.3) is 89.4 Å². The van der Waals surface area contributed by atoms with Crippen LogP contribution in [0.3, 0.4) is 0 Å². The first-order chi connectivity index (χ1) is 31.3. The maximum absolute atomic E-state index is 5.60. The third-order valence-corrected chi connectivity index (χ3v) is 12.7. The minimum atomic E-state index is 0.115. The van der Waals surface area contributed by atoms with Crippen molar-refractivity contribution in [1.82, 2.24) is 29.1 Å². The van der Waals surface area contributed by atoms with Gasteiger partial charge in [0.1, 0.15) is 5.82 Å². The fourth-order valence-electron chi connectivity index (χ4n) is 9.96. The van der Waals surface area contributed by atoms with Gasteiger partial charge < -0.3 is 4.90 Å². The molecule has 296 valence electrons. The molecule has 2 aliphatic rings. The average molecular weight is 808 g/mol. The summed E-state index contributed by atoms with van der Waals surface area (Å²) in [5.74, 6) is 1.93. The highest BCUT2D eigenvalue weighted by molar-refractivity contribution is 6.10. The Hall–Kier alpha value is -8.42. The molecule has 0 radical (unpaired) electrons. The molecular weight excluding hydrogens is 771 g/mol. The van der Waals surface area contributed by atoms with E-state index in [2.05, 4.69) is 184 Å². The molecule has 1 aliphatic carbocycles. The Morgan fingerprint density at radius 1 is 0.333 bits per heavy atom. The van der Waals surface area contributed by atoms with Crippen LogP contribution in [0.15, 0.2) is 212 Å². The Balaban J connectivity index is 0.932. The first-order valence-electron chi connectivity index (χ1n) is 21.4. The van der Waals surface area contributed by atoms with E-state index >= 15 is 0 Å². The fourth-order valence-corrected chi connectivity index (χ4v) is 9.96. The van der Waals surface area contributed by atoms with Crippen LogP contribution in [0.5, 0.6) is 0 Å². The number of pyridine rings is 4. The van der Waals surface area contributed by atoms with Gasteiger partial charge >= 0.3 is 0 Å². The van der Waals surface area contributed by atoms with Gasteiger partial charge in [0.25, 0.3) is 0 Å². The van der Waals surface area contributed by atoms with Gasteiger partial charge in [-0.05, 0) is 84.4 Å². The molecule has 7 nitrogen and oxygen atoms in total. The highest BCUT2D eigenvalue weighted by Gasteiger charge is 2.39. The molecule has 5 aromatic carbocycles. The summed E-state index contributed by atoms with van der Waals surface area (Å²) in [6.07, 6.45) is 8.97. The standard InChI is InChI=1S/C56H37N7/c1-7-27-48-36(16-1)37-17-2-8-28-49(37)61(48)54-35-34-47(60-56(54)63-52-31-11-5-20-40(52)41-21-6-12-32-53(41)63)45-25-14-23-43(58-45)42-22-13-24-44(57-42)46-26-15-33-55(59-46)62-50-29-9-3-18-38(50)39-19-4-10-30-51(39)62/h1-36,48H. The molecule has 11 aromatic rings. The summed E-state index contributed by atoms with van der Waals surface area (Å²) in [5.41, 5.74) is 12.6. The highest BCUT2D eigenvalue weighted by atomic mass is 15.2. The number of hydrogen-bond donors (Lipinski definition) is 0. The van der Waals surface area contributed by atoms with Crippen LogP contribution in [0.4, 0.5) is 11.4 Å². The predicted molar refractivity (Wildman–Crippen MR) is 256 cm³/mol. The third-order valence-electron chi connectivity index (χ3n) is 12.7. The van der Waals surface area contributed by atoms with Gasteiger partial charge in [0.15, 0.2) is 5.82 Å². The van der Waals surface area contributed by atoms with E-state index in [4.69, 9.17) is 19.9 Å². The number of aromatic nitrogens is 6. The molecule has 0 saturated heterocycles. The lowest BCUT2D eigenvalue weighted by molar-refractivity contribution is 0.742. The highest BCUT2D eigenvalue weighted by Crippen LogP contribution is 2.49. The van der Waals surface area contributed by atoms with Crippen molar-refractivity contribution >= 4 is 55.0 Å². The van der Waals surface area contributed by atoms with E-state index in [0.29, 0.717) is 0 Å². The number of nitrogens with zero attached hydrogens (tertiary/aromatic N) is 7. The number of hydrogen-bond acceptors (Lipinski definition) is 5. The smallest absolute Gasteiger partial charge is 0.162 e. The molecule has 7 heteroatoms. The van der Waals surface area contributed by atoms with Crippen molar-refractivity contribution in [3.05, 3.63) is 218 Å². The van der Waals surface area contributed by atoms with Crippen LogP contribution in [0.1, 0.15) is 11.5 Å². The van der Waals surface area contributed by atoms with Crippen LogP contribution < -0.4 is 4.90 Å². The SMILES string of the molecule is C1=CC2c3ccccc3N(c3ccc(-c4cccc(-c5cccc(-c6cccc(-n7c8ccccc8c8ccccc87)n6)n5)n4)nc3-n3c4ccccc4c4ccccc43)C2C=C1. The van der Waals surface area contributed by atoms with E-state index in [9.17, 15) is 0 Å². The number of anilines is 2. The Kier molecular flexibility index (Phi) is 7.90. The molecule has 0 fully saturated rings. The van der Waals surface area contributed by atoms with Crippen molar-refractivity contribution in [2.45, 2.75) is 12.0 Å². The Bertz CT molecular complexity index is 3580. The summed E-state index contributed by atoms with van der Waals surface area (Å²) in [4.78, 5) is 23.7. The molecule has 0 saturated carbocycles. The van der Waals surface area contributed by atoms with E-state index in [1.165, 1.54) is 32.8 Å². The monoisotopic (exact) mass is 807 g/mol. The van der Waals surface area contributed by atoms with Gasteiger partial charge in [0.2, 0.25) is 0 Å². The lowest BCUT2D eigenvalue weighted by Crippen LogP contribution is -2.29. The van der Waals surface area contributed by atoms with Gasteiger partial charge in [-0.3, -0.25) is 9.13 Å². The topological polar surface area (TPSA) is 64.7 Å². The molecule has 0 bridgehead atoms. The van der Waals surface area contributed by atoms with Gasteiger partial charge in [-0.25, -0.2) is 19.9 Å². The molecule has 2 atom stereocenters. The van der Waals surface area contributed by atoms with Crippen LogP contribution in [-0.4, -0.2) is 35.1 Å². The van der Waals surface area contributed by atoms with Crippen molar-refractivity contribution in [3.63, 3.8) is 0 Å². The molecule has 13 rings (SSSR count). The largest absolute Gasteiger partial charge is 0.330 e. The molecule has 0 N–H and O–H groups in total. The van der Waals surface area contributed by atoms with Gasteiger partial charge in [0.05, 0.1) is 68.0 Å². The molecule has 6 aromatic heterocycles. The zero-order valence-corrected chi connectivity index (χ0v) is 34.0. The number of rotatable bonds is 6. The van der Waals surface area contributed by atoms with E-state index in [1.807, 2.05) is 42.5 Å². The minimum Gasteiger partial charge on any atom is -0.330 e. The second-order valence-corrected chi connectivity index (χ2v) is 16.2. The Morgan fingerprint density at radius 2 is 0.794 bits per heavy atom. The van der Waals surface area contributed by atoms with E-state index in [1.54, 1.807) is 0 Å². The fraction of sp³-hybridized carbons (Fsp3) is 0.0357. The quantitative estimate of drug-likeness (QED) is 0.167. The lowest BCUT2D eigenvalue weighted by Gasteiger charge is -2.30. The first-order valence-corrected chi connectivity index (χ1v) is 21.4. The summed E-state index contributed by atoms with van der Waals surface area (Å²) < 4.78 is 4.57. The van der Waals surface area contributed by atoms with E-state index in [0.717, 1.165) is 73.6 Å². The lowest BCUT2D eigenvalue weighted by atomic mass is 9.91. The molecule has 1 aliphatic heterocycles. The zero-order chi connectivity index (χ0) is 41.4. The number of para-hydroxylation sites is 5. The molecule has 63 heavy (non-hydrogen) atoms. The summed E-state index contributed by atoms with van der Waals surface area (Å²) in [5, 5.41) is 4.78. The predicted octanol–water partition coefficient (Wildman–Crippen LogP) is 13.2.